The Kier molecular flexibility index (Phi) is 6.20. The third kappa shape index (κ3) is 4.45. The van der Waals surface area contributed by atoms with Gasteiger partial charge in [-0.15, -0.1) is 11.3 Å². The Labute approximate surface area is 167 Å². The minimum Gasteiger partial charge on any atom is -0.465 e. The van der Waals surface area contributed by atoms with Crippen molar-refractivity contribution in [3.8, 4) is 17.2 Å². The Morgan fingerprint density at radius 1 is 1.11 bits per heavy atom. The lowest BCUT2D eigenvalue weighted by Gasteiger charge is -2.07. The minimum atomic E-state index is -0.460. The summed E-state index contributed by atoms with van der Waals surface area (Å²) in [6.45, 7) is 0. The van der Waals surface area contributed by atoms with Crippen LogP contribution >= 0.6 is 11.3 Å². The van der Waals surface area contributed by atoms with Crippen LogP contribution in [0.15, 0.2) is 60.0 Å². The van der Waals surface area contributed by atoms with E-state index in [1.54, 1.807) is 17.5 Å². The summed E-state index contributed by atoms with van der Waals surface area (Å²) < 4.78 is 4.71. The number of esters is 1. The van der Waals surface area contributed by atoms with Gasteiger partial charge in [0.15, 0.2) is 0 Å². The molecule has 0 bridgehead atoms. The van der Waals surface area contributed by atoms with E-state index < -0.39 is 5.97 Å². The highest BCUT2D eigenvalue weighted by molar-refractivity contribution is 7.12. The highest BCUT2D eigenvalue weighted by Crippen LogP contribution is 2.25. The van der Waals surface area contributed by atoms with Crippen molar-refractivity contribution < 1.29 is 14.3 Å². The van der Waals surface area contributed by atoms with Gasteiger partial charge in [0, 0.05) is 6.42 Å². The van der Waals surface area contributed by atoms with Crippen LogP contribution in [0, 0.1) is 11.3 Å². The first-order valence-corrected chi connectivity index (χ1v) is 9.54. The minimum absolute atomic E-state index is 0.164. The number of carbonyl (C=O) groups is 2. The topological polar surface area (TPSA) is 79.2 Å². The van der Waals surface area contributed by atoms with Gasteiger partial charge in [-0.3, -0.25) is 4.79 Å². The number of carbonyl (C=O) groups excluding carboxylic acids is 2. The Morgan fingerprint density at radius 2 is 1.86 bits per heavy atom. The zero-order valence-corrected chi connectivity index (χ0v) is 16.1. The van der Waals surface area contributed by atoms with Gasteiger partial charge in [-0.2, -0.15) is 5.26 Å². The van der Waals surface area contributed by atoms with Gasteiger partial charge in [-0.1, -0.05) is 42.5 Å². The average Bonchev–Trinajstić information content (AvgIpc) is 3.20. The molecule has 0 unspecified atom stereocenters. The number of nitrogens with zero attached hydrogens (tertiary/aromatic N) is 1. The second-order valence-corrected chi connectivity index (χ2v) is 6.97. The highest BCUT2D eigenvalue weighted by Gasteiger charge is 2.15. The van der Waals surface area contributed by atoms with Crippen LogP contribution in [0.1, 0.15) is 27.2 Å². The van der Waals surface area contributed by atoms with E-state index in [1.165, 1.54) is 18.4 Å². The maximum absolute atomic E-state index is 12.2. The van der Waals surface area contributed by atoms with Crippen molar-refractivity contribution in [2.75, 3.05) is 12.4 Å². The van der Waals surface area contributed by atoms with Crippen molar-refractivity contribution in [2.24, 2.45) is 0 Å². The fourth-order valence-electron chi connectivity index (χ4n) is 2.81. The number of hydrogen-bond donors (Lipinski definition) is 1. The van der Waals surface area contributed by atoms with Crippen molar-refractivity contribution in [3.63, 3.8) is 0 Å². The third-order valence-corrected chi connectivity index (χ3v) is 5.16. The van der Waals surface area contributed by atoms with E-state index in [0.717, 1.165) is 16.7 Å². The smallest absolute Gasteiger partial charge is 0.350 e. The molecule has 0 aliphatic rings. The number of methoxy groups -OCH3 is 1. The Hall–Kier alpha value is -3.43. The zero-order chi connectivity index (χ0) is 19.9. The van der Waals surface area contributed by atoms with Crippen LogP contribution < -0.4 is 5.32 Å². The van der Waals surface area contributed by atoms with Gasteiger partial charge in [0.1, 0.15) is 4.88 Å². The second-order valence-electron chi connectivity index (χ2n) is 6.06. The first kappa shape index (κ1) is 19.3. The van der Waals surface area contributed by atoms with E-state index in [4.69, 9.17) is 4.74 Å². The number of nitrogens with one attached hydrogen (secondary N) is 1. The quantitative estimate of drug-likeness (QED) is 0.622. The number of aryl methyl sites for hydroxylation is 1. The molecule has 1 N–H and O–H groups in total. The molecule has 0 spiro atoms. The maximum atomic E-state index is 12.2. The molecule has 0 saturated carbocycles. The summed E-state index contributed by atoms with van der Waals surface area (Å²) in [4.78, 5) is 24.3. The summed E-state index contributed by atoms with van der Waals surface area (Å²) in [6, 6.07) is 19.2. The molecule has 28 heavy (non-hydrogen) atoms. The van der Waals surface area contributed by atoms with Crippen LogP contribution in [0.25, 0.3) is 11.1 Å². The molecule has 1 aromatic heterocycles. The number of anilines is 1. The summed E-state index contributed by atoms with van der Waals surface area (Å²) in [5.74, 6) is -0.624. The molecule has 3 aromatic rings. The molecule has 0 atom stereocenters. The summed E-state index contributed by atoms with van der Waals surface area (Å²) in [7, 11) is 1.31. The SMILES string of the molecule is COC(=O)c1sccc1NC(=O)CCc1ccc(-c2ccccc2C#N)cc1. The molecular weight excluding hydrogens is 372 g/mol. The molecule has 2 aromatic carbocycles. The van der Waals surface area contributed by atoms with Crippen LogP contribution in [-0.2, 0) is 16.0 Å². The summed E-state index contributed by atoms with van der Waals surface area (Å²) >= 11 is 1.23. The molecule has 3 rings (SSSR count). The van der Waals surface area contributed by atoms with Gasteiger partial charge in [0.05, 0.1) is 24.4 Å². The van der Waals surface area contributed by atoms with E-state index in [1.807, 2.05) is 42.5 Å². The van der Waals surface area contributed by atoms with Gasteiger partial charge in [-0.25, -0.2) is 4.79 Å². The van der Waals surface area contributed by atoms with Crippen LogP contribution in [0.4, 0.5) is 5.69 Å². The zero-order valence-electron chi connectivity index (χ0n) is 15.3. The number of amides is 1. The van der Waals surface area contributed by atoms with Gasteiger partial charge in [0.2, 0.25) is 5.91 Å². The number of nitriles is 1. The third-order valence-electron chi connectivity index (χ3n) is 4.26. The fraction of sp³-hybridized carbons (Fsp3) is 0.136. The van der Waals surface area contributed by atoms with E-state index in [9.17, 15) is 14.9 Å². The first-order chi connectivity index (χ1) is 13.6. The monoisotopic (exact) mass is 390 g/mol. The van der Waals surface area contributed by atoms with Crippen molar-refractivity contribution in [2.45, 2.75) is 12.8 Å². The molecule has 0 fully saturated rings. The summed E-state index contributed by atoms with van der Waals surface area (Å²) in [5.41, 5.74) is 3.98. The number of thiophene rings is 1. The number of hydrogen-bond acceptors (Lipinski definition) is 5. The van der Waals surface area contributed by atoms with Crippen molar-refractivity contribution in [1.82, 2.24) is 0 Å². The first-order valence-electron chi connectivity index (χ1n) is 8.66. The van der Waals surface area contributed by atoms with Crippen LogP contribution in [-0.4, -0.2) is 19.0 Å². The number of rotatable bonds is 6. The average molecular weight is 390 g/mol. The van der Waals surface area contributed by atoms with E-state index >= 15 is 0 Å². The van der Waals surface area contributed by atoms with Crippen molar-refractivity contribution in [3.05, 3.63) is 76.0 Å². The fourth-order valence-corrected chi connectivity index (χ4v) is 3.58. The van der Waals surface area contributed by atoms with Gasteiger partial charge < -0.3 is 10.1 Å². The summed E-state index contributed by atoms with van der Waals surface area (Å²) in [5, 5.41) is 13.7. The molecule has 0 radical (unpaired) electrons. The predicted molar refractivity (Wildman–Crippen MR) is 109 cm³/mol. The van der Waals surface area contributed by atoms with E-state index in [-0.39, 0.29) is 5.91 Å². The number of ether oxygens (including phenoxy) is 1. The molecule has 1 amide bonds. The van der Waals surface area contributed by atoms with E-state index in [2.05, 4.69) is 11.4 Å². The van der Waals surface area contributed by atoms with Gasteiger partial charge >= 0.3 is 5.97 Å². The lowest BCUT2D eigenvalue weighted by Crippen LogP contribution is -2.14. The lowest BCUT2D eigenvalue weighted by atomic mass is 9.98. The number of benzene rings is 2. The maximum Gasteiger partial charge on any atom is 0.350 e. The Balaban J connectivity index is 1.61. The molecule has 0 saturated heterocycles. The lowest BCUT2D eigenvalue weighted by molar-refractivity contribution is -0.116. The van der Waals surface area contributed by atoms with E-state index in [0.29, 0.717) is 29.0 Å². The molecule has 140 valence electrons. The van der Waals surface area contributed by atoms with Crippen LogP contribution in [0.2, 0.25) is 0 Å². The predicted octanol–water partition coefficient (Wildman–Crippen LogP) is 4.64. The van der Waals surface area contributed by atoms with Crippen molar-refractivity contribution >= 4 is 28.9 Å². The molecule has 6 heteroatoms. The highest BCUT2D eigenvalue weighted by atomic mass is 32.1. The standard InChI is InChI=1S/C22H18N2O3S/c1-27-22(26)21-19(12-13-28-21)24-20(25)11-8-15-6-9-16(10-7-15)18-5-3-2-4-17(18)14-23/h2-7,9-10,12-13H,8,11H2,1H3,(H,24,25). The largest absolute Gasteiger partial charge is 0.465 e. The molecule has 5 nitrogen and oxygen atoms in total. The molecule has 0 aliphatic carbocycles. The molecular formula is C22H18N2O3S. The molecule has 0 aliphatic heterocycles. The second kappa shape index (κ2) is 8.98. The van der Waals surface area contributed by atoms with Gasteiger partial charge in [0.25, 0.3) is 0 Å². The van der Waals surface area contributed by atoms with Crippen LogP contribution in [0.5, 0.6) is 0 Å². The Bertz CT molecular complexity index is 1030. The van der Waals surface area contributed by atoms with Crippen molar-refractivity contribution in [1.29, 1.82) is 5.26 Å². The van der Waals surface area contributed by atoms with Crippen LogP contribution in [0.3, 0.4) is 0 Å². The van der Waals surface area contributed by atoms with Gasteiger partial charge in [-0.05, 0) is 40.6 Å². The normalized spacial score (nSPS) is 10.1. The summed E-state index contributed by atoms with van der Waals surface area (Å²) in [6.07, 6.45) is 0.869. The molecule has 1 heterocycles. The Morgan fingerprint density at radius 3 is 2.57 bits per heavy atom.